The van der Waals surface area contributed by atoms with Gasteiger partial charge in [-0.25, -0.2) is 20.2 Å². The first-order chi connectivity index (χ1) is 16.4. The van der Waals surface area contributed by atoms with Crippen LogP contribution < -0.4 is 16.6 Å². The number of ether oxygens (including phenoxy) is 1. The molecule has 184 valence electrons. The number of amides is 2. The minimum Gasteiger partial charge on any atom is -0.379 e. The van der Waals surface area contributed by atoms with Gasteiger partial charge in [0.05, 0.1) is 23.8 Å². The Bertz CT molecular complexity index is 1050. The zero-order chi connectivity index (χ0) is 23.5. The van der Waals surface area contributed by atoms with Crippen LogP contribution in [0, 0.1) is 28.6 Å². The molecule has 0 radical (unpaired) electrons. The number of aryl methyl sites for hydroxylation is 1. The largest absolute Gasteiger partial charge is 0.379 e. The molecule has 4 N–H and O–H groups in total. The highest BCUT2D eigenvalue weighted by Crippen LogP contribution is 2.65. The van der Waals surface area contributed by atoms with Crippen LogP contribution in [0.25, 0.3) is 5.57 Å². The van der Waals surface area contributed by atoms with Gasteiger partial charge in [0.1, 0.15) is 0 Å². The molecule has 34 heavy (non-hydrogen) atoms. The van der Waals surface area contributed by atoms with E-state index >= 15 is 0 Å². The van der Waals surface area contributed by atoms with Crippen molar-refractivity contribution >= 4 is 33.8 Å². The summed E-state index contributed by atoms with van der Waals surface area (Å²) in [6, 6.07) is -0.573. The van der Waals surface area contributed by atoms with Crippen LogP contribution in [-0.2, 0) is 11.2 Å². The molecule has 0 unspecified atom stereocenters. The van der Waals surface area contributed by atoms with Crippen molar-refractivity contribution in [3.8, 4) is 0 Å². The molecule has 0 aromatic carbocycles. The summed E-state index contributed by atoms with van der Waals surface area (Å²) in [6.07, 6.45) is 10.4. The second-order valence-electron chi connectivity index (χ2n) is 11.2. The standard InChI is InChI=1S/C25H36N6O2S/c1-24-10-8-19-21(34-23(27-19)30-31-11-13-33-14-12-31)18(24)4-3-15-16-5-6-20(28-29-22(26)32)25(16,2)9-7-17(15)24/h4,15-17H,3,5-14H2,1-2H3,(H,27,30)(H3,26,29,32)/b28-20+/t15-,16-,17-,24+,25-/m0/s1. The number of primary amides is 1. The Kier molecular flexibility index (Phi) is 5.50. The summed E-state index contributed by atoms with van der Waals surface area (Å²) in [7, 11) is 0. The number of thiazole rings is 1. The van der Waals surface area contributed by atoms with Gasteiger partial charge in [0.15, 0.2) is 5.13 Å². The number of carbonyl (C=O) groups is 1. The predicted octanol–water partition coefficient (Wildman–Crippen LogP) is 4.01. The van der Waals surface area contributed by atoms with Crippen LogP contribution in [0.1, 0.15) is 62.9 Å². The molecule has 3 fully saturated rings. The molecule has 2 heterocycles. The van der Waals surface area contributed by atoms with Gasteiger partial charge in [0.2, 0.25) is 0 Å². The number of hydrazone groups is 1. The molecule has 5 atom stereocenters. The Hall–Kier alpha value is -1.97. The smallest absolute Gasteiger partial charge is 0.332 e. The van der Waals surface area contributed by atoms with E-state index in [9.17, 15) is 4.79 Å². The van der Waals surface area contributed by atoms with Gasteiger partial charge < -0.3 is 10.5 Å². The van der Waals surface area contributed by atoms with Crippen molar-refractivity contribution in [3.05, 3.63) is 16.6 Å². The van der Waals surface area contributed by atoms with Gasteiger partial charge in [-0.15, -0.1) is 0 Å². The fourth-order valence-electron chi connectivity index (χ4n) is 7.83. The lowest BCUT2D eigenvalue weighted by atomic mass is 9.48. The monoisotopic (exact) mass is 484 g/mol. The summed E-state index contributed by atoms with van der Waals surface area (Å²) >= 11 is 1.84. The number of morpholine rings is 1. The third kappa shape index (κ3) is 3.50. The molecule has 0 spiro atoms. The number of urea groups is 1. The summed E-state index contributed by atoms with van der Waals surface area (Å²) < 4.78 is 5.48. The lowest BCUT2D eigenvalue weighted by Crippen LogP contribution is -2.49. The van der Waals surface area contributed by atoms with Gasteiger partial charge >= 0.3 is 6.03 Å². The summed E-state index contributed by atoms with van der Waals surface area (Å²) in [5.41, 5.74) is 15.6. The number of hydrogen-bond donors (Lipinski definition) is 3. The Morgan fingerprint density at radius 3 is 2.79 bits per heavy atom. The summed E-state index contributed by atoms with van der Waals surface area (Å²) in [5.74, 6) is 1.99. The molecule has 9 heteroatoms. The number of nitrogens with two attached hydrogens (primary N) is 1. The number of rotatable bonds is 3. The molecular weight excluding hydrogens is 448 g/mol. The van der Waals surface area contributed by atoms with Crippen molar-refractivity contribution in [3.63, 3.8) is 0 Å². The van der Waals surface area contributed by atoms with Gasteiger partial charge in [-0.2, -0.15) is 5.10 Å². The van der Waals surface area contributed by atoms with E-state index < -0.39 is 6.03 Å². The first-order valence-corrected chi connectivity index (χ1v) is 13.6. The molecule has 5 aliphatic rings. The van der Waals surface area contributed by atoms with Gasteiger partial charge in [-0.05, 0) is 73.7 Å². The maximum absolute atomic E-state index is 11.2. The maximum Gasteiger partial charge on any atom is 0.332 e. The Labute approximate surface area is 205 Å². The number of anilines is 1. The number of hydrazine groups is 1. The van der Waals surface area contributed by atoms with E-state index in [4.69, 9.17) is 15.5 Å². The van der Waals surface area contributed by atoms with Gasteiger partial charge in [-0.3, -0.25) is 5.43 Å². The van der Waals surface area contributed by atoms with Crippen LogP contribution in [0.5, 0.6) is 0 Å². The highest BCUT2D eigenvalue weighted by molar-refractivity contribution is 7.16. The van der Waals surface area contributed by atoms with E-state index in [0.29, 0.717) is 17.8 Å². The van der Waals surface area contributed by atoms with Crippen molar-refractivity contribution in [1.29, 1.82) is 0 Å². The fraction of sp³-hybridized carbons (Fsp3) is 0.720. The third-order valence-electron chi connectivity index (χ3n) is 9.59. The molecule has 2 amide bonds. The zero-order valence-electron chi connectivity index (χ0n) is 20.2. The second kappa shape index (κ2) is 8.31. The number of carbonyl (C=O) groups excluding carboxylic acids is 1. The number of nitrogens with zero attached hydrogens (tertiary/aromatic N) is 3. The second-order valence-corrected chi connectivity index (χ2v) is 12.2. The Morgan fingerprint density at radius 1 is 1.21 bits per heavy atom. The van der Waals surface area contributed by atoms with Crippen LogP contribution in [0.4, 0.5) is 9.93 Å². The lowest BCUT2D eigenvalue weighted by Gasteiger charge is -2.56. The van der Waals surface area contributed by atoms with Crippen molar-refractivity contribution in [1.82, 2.24) is 15.4 Å². The first kappa shape index (κ1) is 22.5. The van der Waals surface area contributed by atoms with Gasteiger partial charge in [0.25, 0.3) is 0 Å². The molecule has 2 saturated carbocycles. The average Bonchev–Trinajstić information content (AvgIpc) is 3.38. The maximum atomic E-state index is 11.2. The number of hydrogen-bond acceptors (Lipinski definition) is 7. The number of fused-ring (bicyclic) bond motifs is 7. The van der Waals surface area contributed by atoms with E-state index in [0.717, 1.165) is 69.3 Å². The Balaban J connectivity index is 1.26. The van der Waals surface area contributed by atoms with Crippen molar-refractivity contribution in [2.75, 3.05) is 31.7 Å². The summed E-state index contributed by atoms with van der Waals surface area (Å²) in [6.45, 7) is 8.24. The molecular formula is C25H36N6O2S. The Morgan fingerprint density at radius 2 is 2.00 bits per heavy atom. The van der Waals surface area contributed by atoms with E-state index in [-0.39, 0.29) is 10.8 Å². The van der Waals surface area contributed by atoms with Crippen molar-refractivity contribution < 1.29 is 9.53 Å². The number of allylic oxidation sites excluding steroid dienone is 2. The quantitative estimate of drug-likeness (QED) is 0.562. The number of nitrogens with one attached hydrogen (secondary N) is 2. The molecule has 1 aliphatic heterocycles. The predicted molar refractivity (Wildman–Crippen MR) is 134 cm³/mol. The van der Waals surface area contributed by atoms with Crippen LogP contribution in [0.15, 0.2) is 11.2 Å². The third-order valence-corrected chi connectivity index (χ3v) is 10.6. The highest BCUT2D eigenvalue weighted by Gasteiger charge is 2.58. The van der Waals surface area contributed by atoms with E-state index in [1.54, 1.807) is 5.57 Å². The van der Waals surface area contributed by atoms with Crippen molar-refractivity contribution in [2.24, 2.45) is 39.4 Å². The van der Waals surface area contributed by atoms with E-state index in [1.807, 2.05) is 11.3 Å². The minimum absolute atomic E-state index is 0.0743. The summed E-state index contributed by atoms with van der Waals surface area (Å²) in [4.78, 5) is 17.7. The molecule has 1 saturated heterocycles. The fourth-order valence-corrected chi connectivity index (χ4v) is 9.04. The van der Waals surface area contributed by atoms with Crippen LogP contribution >= 0.6 is 11.3 Å². The molecule has 1 aromatic heterocycles. The zero-order valence-corrected chi connectivity index (χ0v) is 21.0. The van der Waals surface area contributed by atoms with E-state index in [1.165, 1.54) is 23.4 Å². The number of aromatic nitrogens is 1. The lowest BCUT2D eigenvalue weighted by molar-refractivity contribution is 0.0116. The van der Waals surface area contributed by atoms with Crippen LogP contribution in [-0.4, -0.2) is 48.0 Å². The highest BCUT2D eigenvalue weighted by atomic mass is 32.1. The molecule has 6 rings (SSSR count). The molecule has 0 bridgehead atoms. The van der Waals surface area contributed by atoms with Crippen molar-refractivity contribution in [2.45, 2.75) is 58.8 Å². The van der Waals surface area contributed by atoms with Crippen LogP contribution in [0.3, 0.4) is 0 Å². The minimum atomic E-state index is -0.573. The first-order valence-electron chi connectivity index (χ1n) is 12.8. The molecule has 8 nitrogen and oxygen atoms in total. The topological polar surface area (TPSA) is 105 Å². The van der Waals surface area contributed by atoms with E-state index in [2.05, 4.69) is 40.9 Å². The summed E-state index contributed by atoms with van der Waals surface area (Å²) in [5, 5.41) is 7.70. The normalized spacial score (nSPS) is 38.4. The van der Waals surface area contributed by atoms with Gasteiger partial charge in [-0.1, -0.05) is 31.3 Å². The molecule has 1 aromatic rings. The van der Waals surface area contributed by atoms with Crippen LogP contribution in [0.2, 0.25) is 0 Å². The van der Waals surface area contributed by atoms with Gasteiger partial charge in [0, 0.05) is 24.2 Å². The SMILES string of the molecule is C[C@]12CCc3nc(NN4CCOCC4)sc3C1=CC[C@@H]1[C@@H]2CC[C@]2(C)/C(=N/NC(N)=O)CC[C@@H]12. The molecule has 4 aliphatic carbocycles. The average molecular weight is 485 g/mol.